The first-order valence-corrected chi connectivity index (χ1v) is 20.7. The van der Waals surface area contributed by atoms with Gasteiger partial charge < -0.3 is 89.1 Å². The molecule has 25 heteroatoms. The van der Waals surface area contributed by atoms with Crippen LogP contribution in [0.4, 0.5) is 0 Å². The fourth-order valence-electron chi connectivity index (χ4n) is 5.95. The fraction of sp³-hybridized carbons (Fsp3) is 0.463. The second-order valence-electron chi connectivity index (χ2n) is 14.8. The van der Waals surface area contributed by atoms with Crippen molar-refractivity contribution in [2.75, 3.05) is 39.5 Å². The zero-order valence-corrected chi connectivity index (χ0v) is 36.0. The van der Waals surface area contributed by atoms with Gasteiger partial charge in [0.15, 0.2) is 6.04 Å². The maximum Gasteiger partial charge on any atom is 0.279 e. The van der Waals surface area contributed by atoms with Gasteiger partial charge in [0, 0.05) is 25.2 Å². The largest absolute Gasteiger partial charge is 0.550 e. The van der Waals surface area contributed by atoms with Crippen molar-refractivity contribution in [2.24, 2.45) is 0 Å². The second kappa shape index (κ2) is 29.4. The van der Waals surface area contributed by atoms with Crippen LogP contribution in [-0.4, -0.2) is 156 Å². The predicted molar refractivity (Wildman–Crippen MR) is 222 cm³/mol. The maximum absolute atomic E-state index is 13.7. The summed E-state index contributed by atoms with van der Waals surface area (Å²) in [6, 6.07) is 5.90. The summed E-state index contributed by atoms with van der Waals surface area (Å²) in [4.78, 5) is 126. The molecule has 362 valence electrons. The molecule has 2 aromatic rings. The van der Waals surface area contributed by atoms with Crippen LogP contribution in [0.5, 0.6) is 0 Å². The van der Waals surface area contributed by atoms with Crippen molar-refractivity contribution in [2.45, 2.75) is 80.8 Å². The summed E-state index contributed by atoms with van der Waals surface area (Å²) in [5, 5.41) is 70.1. The van der Waals surface area contributed by atoms with Gasteiger partial charge in [0.05, 0.1) is 51.5 Å². The molecule has 8 amide bonds. The molecule has 0 bridgehead atoms. The topological polar surface area (TPSA) is 429 Å². The van der Waals surface area contributed by atoms with Crippen molar-refractivity contribution in [3.05, 3.63) is 71.8 Å². The van der Waals surface area contributed by atoms with E-state index in [1.807, 2.05) is 0 Å². The molecule has 25 nitrogen and oxygen atoms in total. The average molecular weight is 931 g/mol. The van der Waals surface area contributed by atoms with Gasteiger partial charge in [-0.05, 0) is 30.4 Å². The van der Waals surface area contributed by atoms with Crippen molar-refractivity contribution in [3.8, 4) is 0 Å². The molecule has 7 atom stereocenters. The van der Waals surface area contributed by atoms with E-state index < -0.39 is 141 Å². The van der Waals surface area contributed by atoms with E-state index in [2.05, 4.69) is 54.0 Å². The molecule has 0 aliphatic heterocycles. The minimum absolute atomic E-state index is 0.0163. The fourth-order valence-corrected chi connectivity index (χ4v) is 5.95. The minimum Gasteiger partial charge on any atom is -0.550 e. The molecule has 0 aliphatic rings. The molecule has 0 radical (unpaired) electrons. The van der Waals surface area contributed by atoms with E-state index in [9.17, 15) is 73.5 Å². The molecule has 0 fully saturated rings. The third kappa shape index (κ3) is 20.2. The zero-order chi connectivity index (χ0) is 49.2. The van der Waals surface area contributed by atoms with E-state index in [1.165, 1.54) is 0 Å². The number of rotatable bonds is 30. The lowest BCUT2D eigenvalue weighted by Gasteiger charge is -2.25. The first-order valence-electron chi connectivity index (χ1n) is 20.7. The Morgan fingerprint density at radius 3 is 1.33 bits per heavy atom. The number of unbranched alkanes of at least 4 members (excludes halogenated alkanes) is 1. The van der Waals surface area contributed by atoms with Gasteiger partial charge in [-0.1, -0.05) is 60.7 Å². The number of carbonyl (C=O) groups is 10. The van der Waals surface area contributed by atoms with Crippen LogP contribution in [0.25, 0.3) is 0 Å². The Bertz CT molecular complexity index is 1960. The number of benzene rings is 2. The Hall–Kier alpha value is -7.06. The molecule has 0 unspecified atom stereocenters. The van der Waals surface area contributed by atoms with Crippen LogP contribution in [0, 0.1) is 0 Å². The summed E-state index contributed by atoms with van der Waals surface area (Å²) in [5.41, 5.74) is 8.08. The molecular formula is C41H58N10O15. The Morgan fingerprint density at radius 1 is 0.500 bits per heavy atom. The number of amides is 8. The number of aliphatic hydroxyl groups excluding tert-OH is 3. The van der Waals surface area contributed by atoms with Gasteiger partial charge >= 0.3 is 0 Å². The van der Waals surface area contributed by atoms with Gasteiger partial charge in [-0.3, -0.25) is 38.4 Å². The van der Waals surface area contributed by atoms with Crippen LogP contribution in [0.2, 0.25) is 0 Å². The lowest BCUT2D eigenvalue weighted by Crippen LogP contribution is -2.70. The van der Waals surface area contributed by atoms with Crippen LogP contribution < -0.4 is 64.2 Å². The summed E-state index contributed by atoms with van der Waals surface area (Å²) in [6.45, 7) is -3.92. The van der Waals surface area contributed by atoms with Crippen LogP contribution in [-0.2, 0) is 60.8 Å². The molecular weight excluding hydrogens is 873 g/mol. The van der Waals surface area contributed by atoms with E-state index in [4.69, 9.17) is 0 Å². The number of hydrogen-bond acceptors (Lipinski definition) is 15. The number of hydrogen-bond donors (Lipinski definition) is 13. The third-order valence-electron chi connectivity index (χ3n) is 9.54. The smallest absolute Gasteiger partial charge is 0.279 e. The molecule has 0 heterocycles. The Kier molecular flexibility index (Phi) is 24.5. The Labute approximate surface area is 378 Å². The third-order valence-corrected chi connectivity index (χ3v) is 9.54. The van der Waals surface area contributed by atoms with E-state index >= 15 is 0 Å². The number of carboxylic acid groups (broad SMARTS) is 2. The molecule has 0 aliphatic carbocycles. The second-order valence-corrected chi connectivity index (χ2v) is 14.8. The summed E-state index contributed by atoms with van der Waals surface area (Å²) in [6.07, 6.45) is -0.0967. The average Bonchev–Trinajstić information content (AvgIpc) is 3.29. The molecule has 17 N–H and O–H groups in total. The molecule has 2 rings (SSSR count). The highest BCUT2D eigenvalue weighted by molar-refractivity contribution is 5.97. The predicted octanol–water partition coefficient (Wildman–Crippen LogP) is -10.5. The molecule has 0 saturated heterocycles. The van der Waals surface area contributed by atoms with Crippen molar-refractivity contribution in [1.29, 1.82) is 0 Å². The maximum atomic E-state index is 13.7. The molecule has 0 spiro atoms. The number of aliphatic hydroxyl groups is 3. The monoisotopic (exact) mass is 930 g/mol. The minimum atomic E-state index is -1.73. The van der Waals surface area contributed by atoms with E-state index in [1.54, 1.807) is 60.7 Å². The normalized spacial score (nSPS) is 14.0. The Balaban J connectivity index is 2.16. The van der Waals surface area contributed by atoms with Gasteiger partial charge in [-0.2, -0.15) is 0 Å². The number of quaternary nitrogens is 2. The first-order chi connectivity index (χ1) is 31.4. The molecule has 0 aromatic heterocycles. The quantitative estimate of drug-likeness (QED) is 0.0324. The highest BCUT2D eigenvalue weighted by Gasteiger charge is 2.31. The van der Waals surface area contributed by atoms with Crippen molar-refractivity contribution < 1.29 is 84.9 Å². The van der Waals surface area contributed by atoms with Crippen LogP contribution in [0.3, 0.4) is 0 Å². The van der Waals surface area contributed by atoms with Gasteiger partial charge in [0.2, 0.25) is 41.4 Å². The lowest BCUT2D eigenvalue weighted by atomic mass is 10.0. The van der Waals surface area contributed by atoms with Gasteiger partial charge in [0.1, 0.15) is 30.2 Å². The lowest BCUT2D eigenvalue weighted by molar-refractivity contribution is -0.408. The van der Waals surface area contributed by atoms with Crippen LogP contribution in [0.15, 0.2) is 60.7 Å². The highest BCUT2D eigenvalue weighted by Crippen LogP contribution is 2.07. The van der Waals surface area contributed by atoms with Crippen LogP contribution >= 0.6 is 0 Å². The van der Waals surface area contributed by atoms with E-state index in [-0.39, 0.29) is 19.3 Å². The standard InChI is InChI=1S/C41H58N10O15/c42-14-8-7-13-26(41(65)66)48-39(63)30(21-53)47-33(56)19-44-36(60)27(15-23-9-3-1-4-10-23)49-40(64)31(22-54)51-38(62)28(16-24-11-5-2-6-12-24)46-32(55)18-45-37(61)29(20-52)50-35(59)25(43)17-34(57)58/h1-6,9-12,25-31,52-54H,7-8,13-22,42-43H2,(H,44,60)(H,45,61)(H,46,55)(H,47,56)(H,48,63)(H,49,64)(H,50,59)(H,51,62)(H,57,58)(H,65,66)/t25-,26-,27-,28-,29-,30-,31-/m0/s1. The van der Waals surface area contributed by atoms with Gasteiger partial charge in [-0.15, -0.1) is 0 Å². The number of carboxylic acids is 2. The number of nitrogens with one attached hydrogen (secondary N) is 8. The zero-order valence-electron chi connectivity index (χ0n) is 36.0. The first kappa shape index (κ1) is 55.1. The van der Waals surface area contributed by atoms with Crippen molar-refractivity contribution in [1.82, 2.24) is 42.5 Å². The van der Waals surface area contributed by atoms with Crippen molar-refractivity contribution in [3.63, 3.8) is 0 Å². The summed E-state index contributed by atoms with van der Waals surface area (Å²) in [5.74, 6) is -11.1. The van der Waals surface area contributed by atoms with Gasteiger partial charge in [0.25, 0.3) is 5.91 Å². The molecule has 0 saturated carbocycles. The van der Waals surface area contributed by atoms with Crippen molar-refractivity contribution >= 4 is 59.2 Å². The molecule has 2 aromatic carbocycles. The highest BCUT2D eigenvalue weighted by atomic mass is 16.4. The Morgan fingerprint density at radius 2 is 0.879 bits per heavy atom. The van der Waals surface area contributed by atoms with E-state index in [0.717, 1.165) is 0 Å². The SMILES string of the molecule is [NH3+]CCCC[C@H](NC(=O)[C@H](CO)NC(=O)CNC(=O)[C@H](Cc1ccccc1)NC(=O)[C@H](CO)NC(=O)[C@H](Cc1ccccc1)NC(=O)CNC(=O)[C@H](CO)NC(=O)[C@@H]([NH3+])CC(=O)[O-])C(=O)[O-]. The summed E-state index contributed by atoms with van der Waals surface area (Å²) < 4.78 is 0. The molecule has 66 heavy (non-hydrogen) atoms. The summed E-state index contributed by atoms with van der Waals surface area (Å²) in [7, 11) is 0. The van der Waals surface area contributed by atoms with Gasteiger partial charge in [-0.25, -0.2) is 0 Å². The number of carbonyl (C=O) groups excluding carboxylic acids is 10. The van der Waals surface area contributed by atoms with Crippen LogP contribution in [0.1, 0.15) is 36.8 Å². The number of aliphatic carboxylic acids is 2. The van der Waals surface area contributed by atoms with E-state index in [0.29, 0.717) is 30.5 Å². The summed E-state index contributed by atoms with van der Waals surface area (Å²) >= 11 is 0.